The van der Waals surface area contributed by atoms with Gasteiger partial charge in [-0.05, 0) is 5.92 Å². The highest BCUT2D eigenvalue weighted by Crippen LogP contribution is 2.16. The van der Waals surface area contributed by atoms with Crippen LogP contribution < -0.4 is 0 Å². The smallest absolute Gasteiger partial charge is 0.125 e. The predicted molar refractivity (Wildman–Crippen MR) is 45.4 cm³/mol. The van der Waals surface area contributed by atoms with Gasteiger partial charge in [0.05, 0.1) is 0 Å². The molecule has 66 valence electrons. The van der Waals surface area contributed by atoms with E-state index in [1.54, 1.807) is 0 Å². The molecular weight excluding hydrogens is 141 g/mol. The molecule has 0 aromatic carbocycles. The van der Waals surface area contributed by atoms with Crippen molar-refractivity contribution in [3.8, 4) is 0 Å². The first-order valence-electron chi connectivity index (χ1n) is 4.62. The molecule has 0 spiro atoms. The summed E-state index contributed by atoms with van der Waals surface area (Å²) in [5.74, 6) is 0.780. The van der Waals surface area contributed by atoms with Gasteiger partial charge in [-0.2, -0.15) is 0 Å². The first-order valence-corrected chi connectivity index (χ1v) is 4.62. The third-order valence-corrected chi connectivity index (χ3v) is 2.58. The first-order chi connectivity index (χ1) is 5.26. The van der Waals surface area contributed by atoms with Gasteiger partial charge in [-0.1, -0.05) is 26.7 Å². The molecule has 1 aliphatic rings. The van der Waals surface area contributed by atoms with Crippen LogP contribution in [0.15, 0.2) is 0 Å². The van der Waals surface area contributed by atoms with Crippen molar-refractivity contribution < 1.29 is 4.39 Å². The molecule has 1 saturated heterocycles. The summed E-state index contributed by atoms with van der Waals surface area (Å²) in [6.45, 7) is 6.88. The summed E-state index contributed by atoms with van der Waals surface area (Å²) in [7, 11) is 0. The molecule has 0 aromatic rings. The summed E-state index contributed by atoms with van der Waals surface area (Å²) in [4.78, 5) is 2.21. The monoisotopic (exact) mass is 159 g/mol. The Morgan fingerprint density at radius 1 is 1.36 bits per heavy atom. The van der Waals surface area contributed by atoms with Gasteiger partial charge >= 0.3 is 0 Å². The van der Waals surface area contributed by atoms with E-state index in [4.69, 9.17) is 0 Å². The van der Waals surface area contributed by atoms with E-state index in [1.165, 1.54) is 12.8 Å². The number of nitrogens with zero attached hydrogens (tertiary/aromatic N) is 1. The number of hydrogen-bond acceptors (Lipinski definition) is 1. The van der Waals surface area contributed by atoms with E-state index in [1.807, 2.05) is 0 Å². The van der Waals surface area contributed by atoms with E-state index >= 15 is 0 Å². The van der Waals surface area contributed by atoms with Crippen LogP contribution in [0, 0.1) is 5.92 Å². The Morgan fingerprint density at radius 3 is 2.27 bits per heavy atom. The first kappa shape index (κ1) is 8.98. The topological polar surface area (TPSA) is 3.24 Å². The van der Waals surface area contributed by atoms with Crippen molar-refractivity contribution in [3.63, 3.8) is 0 Å². The Morgan fingerprint density at radius 2 is 1.91 bits per heavy atom. The van der Waals surface area contributed by atoms with Crippen LogP contribution in [0.3, 0.4) is 0 Å². The molecule has 0 N–H and O–H groups in total. The van der Waals surface area contributed by atoms with Gasteiger partial charge in [-0.15, -0.1) is 0 Å². The summed E-state index contributed by atoms with van der Waals surface area (Å²) in [5.41, 5.74) is 0. The van der Waals surface area contributed by atoms with Crippen molar-refractivity contribution in [2.24, 2.45) is 5.92 Å². The van der Waals surface area contributed by atoms with Gasteiger partial charge in [0, 0.05) is 19.6 Å². The van der Waals surface area contributed by atoms with Gasteiger partial charge in [0.15, 0.2) is 0 Å². The Kier molecular flexibility index (Phi) is 3.31. The van der Waals surface area contributed by atoms with Gasteiger partial charge in [0.1, 0.15) is 6.17 Å². The molecule has 1 nitrogen and oxygen atoms in total. The molecule has 1 fully saturated rings. The fourth-order valence-electron chi connectivity index (χ4n) is 1.57. The van der Waals surface area contributed by atoms with Crippen LogP contribution in [0.2, 0.25) is 0 Å². The highest BCUT2D eigenvalue weighted by Gasteiger charge is 2.26. The molecule has 11 heavy (non-hydrogen) atoms. The number of likely N-dealkylation sites (tertiary alicyclic amines) is 1. The lowest BCUT2D eigenvalue weighted by Gasteiger charge is -2.36. The van der Waals surface area contributed by atoms with E-state index in [0.29, 0.717) is 13.1 Å². The molecule has 0 aromatic heterocycles. The lowest BCUT2D eigenvalue weighted by atomic mass is 10.0. The SMILES string of the molecule is CCC(CC)CN1CC(F)C1. The van der Waals surface area contributed by atoms with Crippen molar-refractivity contribution in [2.75, 3.05) is 19.6 Å². The Labute approximate surface area is 68.6 Å². The van der Waals surface area contributed by atoms with Crippen molar-refractivity contribution in [2.45, 2.75) is 32.9 Å². The van der Waals surface area contributed by atoms with Crippen LogP contribution in [0.5, 0.6) is 0 Å². The standard InChI is InChI=1S/C9H18FN/c1-3-8(4-2)5-11-6-9(10)7-11/h8-9H,3-7H2,1-2H3. The molecular formula is C9H18FN. The van der Waals surface area contributed by atoms with E-state index in [-0.39, 0.29) is 0 Å². The molecule has 0 saturated carbocycles. The molecule has 1 heterocycles. The lowest BCUT2D eigenvalue weighted by Crippen LogP contribution is -2.49. The third kappa shape index (κ3) is 2.44. The lowest BCUT2D eigenvalue weighted by molar-refractivity contribution is 0.0504. The summed E-state index contributed by atoms with van der Waals surface area (Å²) in [6.07, 6.45) is 1.91. The highest BCUT2D eigenvalue weighted by atomic mass is 19.1. The van der Waals surface area contributed by atoms with Gasteiger partial charge in [0.2, 0.25) is 0 Å². The van der Waals surface area contributed by atoms with Crippen molar-refractivity contribution in [1.82, 2.24) is 4.90 Å². The largest absolute Gasteiger partial charge is 0.297 e. The van der Waals surface area contributed by atoms with Crippen LogP contribution in [0.1, 0.15) is 26.7 Å². The molecule has 0 aliphatic carbocycles. The maximum Gasteiger partial charge on any atom is 0.125 e. The molecule has 0 amide bonds. The Hall–Kier alpha value is -0.110. The molecule has 1 aliphatic heterocycles. The summed E-state index contributed by atoms with van der Waals surface area (Å²) < 4.78 is 12.4. The van der Waals surface area contributed by atoms with Gasteiger partial charge in [-0.25, -0.2) is 4.39 Å². The molecule has 2 heteroatoms. The van der Waals surface area contributed by atoms with Crippen LogP contribution >= 0.6 is 0 Å². The molecule has 0 bridgehead atoms. The van der Waals surface area contributed by atoms with Crippen LogP contribution in [-0.2, 0) is 0 Å². The van der Waals surface area contributed by atoms with Crippen molar-refractivity contribution in [1.29, 1.82) is 0 Å². The van der Waals surface area contributed by atoms with Crippen LogP contribution in [0.4, 0.5) is 4.39 Å². The van der Waals surface area contributed by atoms with Crippen LogP contribution in [-0.4, -0.2) is 30.7 Å². The Balaban J connectivity index is 2.09. The molecule has 0 atom stereocenters. The highest BCUT2D eigenvalue weighted by molar-refractivity contribution is 4.80. The van der Waals surface area contributed by atoms with Gasteiger partial charge < -0.3 is 0 Å². The minimum absolute atomic E-state index is 0.538. The second-order valence-electron chi connectivity index (χ2n) is 3.50. The molecule has 0 radical (unpaired) electrons. The minimum Gasteiger partial charge on any atom is -0.297 e. The zero-order valence-corrected chi connectivity index (χ0v) is 7.52. The number of alkyl halides is 1. The second kappa shape index (κ2) is 4.05. The summed E-state index contributed by atoms with van der Waals surface area (Å²) >= 11 is 0. The maximum absolute atomic E-state index is 12.4. The summed E-state index contributed by atoms with van der Waals surface area (Å²) in [5, 5.41) is 0. The predicted octanol–water partition coefficient (Wildman–Crippen LogP) is 2.08. The fraction of sp³-hybridized carbons (Fsp3) is 1.00. The van der Waals surface area contributed by atoms with E-state index < -0.39 is 6.17 Å². The van der Waals surface area contributed by atoms with E-state index in [9.17, 15) is 4.39 Å². The average molecular weight is 159 g/mol. The van der Waals surface area contributed by atoms with E-state index in [0.717, 1.165) is 12.5 Å². The van der Waals surface area contributed by atoms with Crippen LogP contribution in [0.25, 0.3) is 0 Å². The fourth-order valence-corrected chi connectivity index (χ4v) is 1.57. The summed E-state index contributed by atoms with van der Waals surface area (Å²) in [6, 6.07) is 0. The van der Waals surface area contributed by atoms with Crippen molar-refractivity contribution >= 4 is 0 Å². The number of halogens is 1. The third-order valence-electron chi connectivity index (χ3n) is 2.58. The number of hydrogen-bond donors (Lipinski definition) is 0. The Bertz CT molecular complexity index is 106. The van der Waals surface area contributed by atoms with Gasteiger partial charge in [-0.3, -0.25) is 4.90 Å². The van der Waals surface area contributed by atoms with Gasteiger partial charge in [0.25, 0.3) is 0 Å². The maximum atomic E-state index is 12.4. The second-order valence-corrected chi connectivity index (χ2v) is 3.50. The normalized spacial score (nSPS) is 20.7. The zero-order chi connectivity index (χ0) is 8.27. The minimum atomic E-state index is -0.538. The molecule has 1 rings (SSSR count). The van der Waals surface area contributed by atoms with Crippen molar-refractivity contribution in [3.05, 3.63) is 0 Å². The zero-order valence-electron chi connectivity index (χ0n) is 7.52. The van der Waals surface area contributed by atoms with E-state index in [2.05, 4.69) is 18.7 Å². The molecule has 0 unspecified atom stereocenters. The number of rotatable bonds is 4. The average Bonchev–Trinajstić information content (AvgIpc) is 1.96. The quantitative estimate of drug-likeness (QED) is 0.607.